The minimum atomic E-state index is -1.22. The zero-order chi connectivity index (χ0) is 22.1. The first-order valence-corrected chi connectivity index (χ1v) is 24.7. The first kappa shape index (κ1) is 24.8. The van der Waals surface area contributed by atoms with Gasteiger partial charge in [0.1, 0.15) is 0 Å². The summed E-state index contributed by atoms with van der Waals surface area (Å²) in [5.74, 6) is 0. The maximum atomic E-state index is 1.71. The van der Waals surface area contributed by atoms with E-state index in [0.29, 0.717) is 0 Å². The van der Waals surface area contributed by atoms with Gasteiger partial charge < -0.3 is 0 Å². The molecule has 0 aliphatic heterocycles. The molecule has 0 amide bonds. The zero-order valence-corrected chi connectivity index (χ0v) is 25.3. The van der Waals surface area contributed by atoms with E-state index in [2.05, 4.69) is 0 Å². The summed E-state index contributed by atoms with van der Waals surface area (Å²) < 4.78 is 0. The average Bonchev–Trinajstić information content (AvgIpc) is 3.72. The van der Waals surface area contributed by atoms with Gasteiger partial charge in [-0.2, -0.15) is 0 Å². The summed E-state index contributed by atoms with van der Waals surface area (Å²) >= 11 is 1.33. The standard InChI is InChI=1S/2C15H27P.Pd/c2*1-2-8-13(7-1)16(14-9-3-4-10-14)15-11-5-6-12-15;/h2*13-15H,1-12H2;/q;;-2/p+2. The van der Waals surface area contributed by atoms with E-state index >= 15 is 0 Å². The van der Waals surface area contributed by atoms with E-state index in [1.807, 2.05) is 0 Å². The minimum absolute atomic E-state index is 1.22. The molecular formula is C30H56P2Pd. The molecule has 6 saturated carbocycles. The molecule has 0 nitrogen and oxygen atoms in total. The Morgan fingerprint density at radius 2 is 0.424 bits per heavy atom. The van der Waals surface area contributed by atoms with Crippen molar-refractivity contribution < 1.29 is 17.0 Å². The molecule has 0 unspecified atom stereocenters. The van der Waals surface area contributed by atoms with Crippen LogP contribution in [-0.2, 0) is 17.0 Å². The van der Waals surface area contributed by atoms with Crippen LogP contribution >= 0.6 is 10.9 Å². The van der Waals surface area contributed by atoms with Crippen molar-refractivity contribution in [3.63, 3.8) is 0 Å². The molecule has 6 aliphatic carbocycles. The van der Waals surface area contributed by atoms with Crippen molar-refractivity contribution in [1.29, 1.82) is 0 Å². The van der Waals surface area contributed by atoms with Gasteiger partial charge in [-0.15, -0.1) is 0 Å². The molecule has 0 atom stereocenters. The van der Waals surface area contributed by atoms with E-state index in [1.54, 1.807) is 154 Å². The van der Waals surface area contributed by atoms with Crippen LogP contribution in [0, 0.1) is 0 Å². The van der Waals surface area contributed by atoms with Crippen molar-refractivity contribution in [3.8, 4) is 0 Å². The first-order chi connectivity index (χ1) is 16.3. The molecule has 0 aromatic heterocycles. The molecule has 0 heterocycles. The molecule has 6 aliphatic rings. The van der Waals surface area contributed by atoms with Crippen molar-refractivity contribution in [1.82, 2.24) is 0 Å². The molecule has 0 bridgehead atoms. The van der Waals surface area contributed by atoms with Gasteiger partial charge in [0.25, 0.3) is 0 Å². The molecule has 6 fully saturated rings. The van der Waals surface area contributed by atoms with Crippen molar-refractivity contribution in [2.45, 2.75) is 188 Å². The summed E-state index contributed by atoms with van der Waals surface area (Å²) in [4.78, 5) is 0. The number of hydrogen-bond acceptors (Lipinski definition) is 0. The second kappa shape index (κ2) is 11.1. The second-order valence-electron chi connectivity index (χ2n) is 13.5. The second-order valence-corrected chi connectivity index (χ2v) is 33.7. The van der Waals surface area contributed by atoms with Gasteiger partial charge in [-0.3, -0.25) is 0 Å². The van der Waals surface area contributed by atoms with Gasteiger partial charge in [-0.25, -0.2) is 0 Å². The van der Waals surface area contributed by atoms with Crippen molar-refractivity contribution in [2.75, 3.05) is 0 Å². The van der Waals surface area contributed by atoms with Crippen molar-refractivity contribution in [2.24, 2.45) is 0 Å². The predicted molar refractivity (Wildman–Crippen MR) is 150 cm³/mol. The molecule has 3 heteroatoms. The SMILES string of the molecule is C1CCC([PH]([Pd][PH](C2CCCC2)(C2CCCC2)C2CCCC2)(C2CCCC2)C2CCCC2)C1. The summed E-state index contributed by atoms with van der Waals surface area (Å²) in [5.41, 5.74) is 5.35. The Hall–Kier alpha value is 1.52. The van der Waals surface area contributed by atoms with Crippen molar-refractivity contribution >= 4 is 10.9 Å². The molecule has 0 aromatic rings. The van der Waals surface area contributed by atoms with E-state index < -0.39 is 10.9 Å². The Kier molecular flexibility index (Phi) is 8.35. The molecule has 0 radical (unpaired) electrons. The van der Waals surface area contributed by atoms with Crippen LogP contribution in [0.3, 0.4) is 0 Å². The monoisotopic (exact) mass is 584 g/mol. The van der Waals surface area contributed by atoms with E-state index in [0.717, 1.165) is 0 Å². The third-order valence-corrected chi connectivity index (χ3v) is 48.4. The number of hydrogen-bond donors (Lipinski definition) is 0. The third kappa shape index (κ3) is 4.55. The predicted octanol–water partition coefficient (Wildman–Crippen LogP) is 10.1. The quantitative estimate of drug-likeness (QED) is 0.197. The van der Waals surface area contributed by atoms with E-state index in [9.17, 15) is 0 Å². The van der Waals surface area contributed by atoms with Gasteiger partial charge in [0.15, 0.2) is 0 Å². The third-order valence-electron chi connectivity index (χ3n) is 12.0. The Labute approximate surface area is 215 Å². The molecule has 6 rings (SSSR count). The van der Waals surface area contributed by atoms with Gasteiger partial charge in [-0.1, -0.05) is 0 Å². The molecule has 0 spiro atoms. The van der Waals surface area contributed by atoms with Crippen LogP contribution in [0.4, 0.5) is 0 Å². The Bertz CT molecular complexity index is 478. The fourth-order valence-corrected chi connectivity index (χ4v) is 63.0. The Morgan fingerprint density at radius 3 is 0.576 bits per heavy atom. The Balaban J connectivity index is 1.47. The van der Waals surface area contributed by atoms with Gasteiger partial charge in [0.05, 0.1) is 0 Å². The van der Waals surface area contributed by atoms with Gasteiger partial charge in [0, 0.05) is 0 Å². The molecular weight excluding hydrogens is 529 g/mol. The summed E-state index contributed by atoms with van der Waals surface area (Å²) in [6.45, 7) is 0. The van der Waals surface area contributed by atoms with Gasteiger partial charge >= 0.3 is 216 Å². The van der Waals surface area contributed by atoms with Crippen LogP contribution in [0.5, 0.6) is 0 Å². The molecule has 0 N–H and O–H groups in total. The van der Waals surface area contributed by atoms with Crippen LogP contribution in [0.1, 0.15) is 154 Å². The average molecular weight is 585 g/mol. The first-order valence-electron chi connectivity index (χ1n) is 15.9. The fraction of sp³-hybridized carbons (Fsp3) is 1.00. The van der Waals surface area contributed by atoms with Gasteiger partial charge in [-0.05, 0) is 0 Å². The number of rotatable bonds is 8. The van der Waals surface area contributed by atoms with E-state index in [-0.39, 0.29) is 0 Å². The summed E-state index contributed by atoms with van der Waals surface area (Å²) in [7, 11) is 0. The van der Waals surface area contributed by atoms with Crippen molar-refractivity contribution in [3.05, 3.63) is 0 Å². The van der Waals surface area contributed by atoms with E-state index in [1.165, 1.54) is 50.9 Å². The molecule has 0 aromatic carbocycles. The van der Waals surface area contributed by atoms with Crippen LogP contribution < -0.4 is 0 Å². The Morgan fingerprint density at radius 1 is 0.273 bits per heavy atom. The van der Waals surface area contributed by atoms with Crippen LogP contribution in [0.25, 0.3) is 0 Å². The maximum absolute atomic E-state index is 1.71. The molecule has 33 heavy (non-hydrogen) atoms. The summed E-state index contributed by atoms with van der Waals surface area (Å²) in [6.07, 6.45) is 40.0. The summed E-state index contributed by atoms with van der Waals surface area (Å²) in [6, 6.07) is 0. The van der Waals surface area contributed by atoms with Crippen LogP contribution in [0.2, 0.25) is 0 Å². The molecule has 196 valence electrons. The van der Waals surface area contributed by atoms with E-state index in [4.69, 9.17) is 0 Å². The molecule has 0 saturated heterocycles. The fourth-order valence-electron chi connectivity index (χ4n) is 10.7. The van der Waals surface area contributed by atoms with Gasteiger partial charge in [0.2, 0.25) is 0 Å². The zero-order valence-electron chi connectivity index (χ0n) is 21.8. The normalized spacial score (nSPS) is 31.6. The van der Waals surface area contributed by atoms with Crippen LogP contribution in [-0.4, -0.2) is 34.0 Å². The summed E-state index contributed by atoms with van der Waals surface area (Å²) in [5, 5.41) is 0. The van der Waals surface area contributed by atoms with Crippen LogP contribution in [0.15, 0.2) is 0 Å². The topological polar surface area (TPSA) is 0 Å².